The number of rotatable bonds is 0. The van der Waals surface area contributed by atoms with Crippen LogP contribution in [0.4, 0.5) is 0 Å². The van der Waals surface area contributed by atoms with Crippen molar-refractivity contribution < 1.29 is 0 Å². The zero-order valence-corrected chi connectivity index (χ0v) is 6.09. The third-order valence-corrected chi connectivity index (χ3v) is 2.04. The summed E-state index contributed by atoms with van der Waals surface area (Å²) in [5.74, 6) is 0. The molecule has 0 spiro atoms. The fourth-order valence-electron chi connectivity index (χ4n) is 1.45. The van der Waals surface area contributed by atoms with Gasteiger partial charge in [-0.1, -0.05) is 6.08 Å². The minimum absolute atomic E-state index is 0.116. The topological polar surface area (TPSA) is 47.9 Å². The Balaban J connectivity index is 2.30. The molecule has 1 unspecified atom stereocenters. The fraction of sp³-hybridized carbons (Fsp3) is 0.375. The second-order valence-corrected chi connectivity index (χ2v) is 2.71. The van der Waals surface area contributed by atoms with Crippen LogP contribution in [0.25, 0.3) is 0 Å². The van der Waals surface area contributed by atoms with E-state index < -0.39 is 0 Å². The van der Waals surface area contributed by atoms with Crippen molar-refractivity contribution in [1.82, 2.24) is 10.9 Å². The zero-order chi connectivity index (χ0) is 7.68. The van der Waals surface area contributed by atoms with Gasteiger partial charge in [-0.05, 0) is 24.5 Å². The highest BCUT2D eigenvalue weighted by Gasteiger charge is 2.23. The van der Waals surface area contributed by atoms with Crippen molar-refractivity contribution in [3.05, 3.63) is 23.4 Å². The average molecular weight is 147 g/mol. The number of hydrazine groups is 1. The Morgan fingerprint density at radius 3 is 3.36 bits per heavy atom. The predicted molar refractivity (Wildman–Crippen MR) is 41.1 cm³/mol. The Bertz CT molecular complexity index is 270. The maximum atomic E-state index is 8.69. The molecule has 1 aliphatic heterocycles. The van der Waals surface area contributed by atoms with Crippen LogP contribution in [-0.2, 0) is 0 Å². The standard InChI is InChI=1S/C8H9N3/c9-5-8-6-3-1-2-4-7(6)10-11-8/h2,4,8,10-11H,1,3H2. The van der Waals surface area contributed by atoms with Gasteiger partial charge in [-0.15, -0.1) is 0 Å². The van der Waals surface area contributed by atoms with Crippen molar-refractivity contribution in [2.75, 3.05) is 0 Å². The molecule has 0 bridgehead atoms. The van der Waals surface area contributed by atoms with E-state index in [1.54, 1.807) is 0 Å². The van der Waals surface area contributed by atoms with E-state index in [2.05, 4.69) is 23.0 Å². The maximum absolute atomic E-state index is 8.69. The number of hydrogen-bond acceptors (Lipinski definition) is 3. The predicted octanol–water partition coefficient (Wildman–Crippen LogP) is 0.590. The van der Waals surface area contributed by atoms with Gasteiger partial charge in [0.05, 0.1) is 11.8 Å². The lowest BCUT2D eigenvalue weighted by Crippen LogP contribution is -2.31. The minimum Gasteiger partial charge on any atom is -0.320 e. The van der Waals surface area contributed by atoms with Crippen molar-refractivity contribution in [2.45, 2.75) is 18.9 Å². The van der Waals surface area contributed by atoms with Gasteiger partial charge in [0.1, 0.15) is 6.04 Å². The van der Waals surface area contributed by atoms with Gasteiger partial charge in [-0.25, -0.2) is 5.43 Å². The van der Waals surface area contributed by atoms with Crippen LogP contribution in [0.1, 0.15) is 12.8 Å². The quantitative estimate of drug-likeness (QED) is 0.527. The first kappa shape index (κ1) is 6.44. The van der Waals surface area contributed by atoms with Gasteiger partial charge in [0.25, 0.3) is 0 Å². The molecule has 0 aromatic heterocycles. The smallest absolute Gasteiger partial charge is 0.136 e. The van der Waals surface area contributed by atoms with Crippen LogP contribution < -0.4 is 10.9 Å². The summed E-state index contributed by atoms with van der Waals surface area (Å²) in [6.45, 7) is 0. The average Bonchev–Trinajstić information content (AvgIpc) is 2.47. The lowest BCUT2D eigenvalue weighted by atomic mass is 9.98. The summed E-state index contributed by atoms with van der Waals surface area (Å²) in [5.41, 5.74) is 8.18. The zero-order valence-electron chi connectivity index (χ0n) is 6.09. The normalized spacial score (nSPS) is 27.7. The first-order valence-corrected chi connectivity index (χ1v) is 3.72. The van der Waals surface area contributed by atoms with Crippen LogP contribution in [0.15, 0.2) is 23.4 Å². The van der Waals surface area contributed by atoms with Crippen molar-refractivity contribution in [1.29, 1.82) is 5.26 Å². The van der Waals surface area contributed by atoms with Crippen molar-refractivity contribution in [3.8, 4) is 6.07 Å². The number of nitriles is 1. The van der Waals surface area contributed by atoms with Crippen LogP contribution in [0.5, 0.6) is 0 Å². The molecule has 3 nitrogen and oxygen atoms in total. The second kappa shape index (κ2) is 2.40. The van der Waals surface area contributed by atoms with E-state index in [4.69, 9.17) is 5.26 Å². The molecular formula is C8H9N3. The monoisotopic (exact) mass is 147 g/mol. The molecule has 0 amide bonds. The van der Waals surface area contributed by atoms with E-state index >= 15 is 0 Å². The number of nitrogens with zero attached hydrogens (tertiary/aromatic N) is 1. The van der Waals surface area contributed by atoms with E-state index in [1.807, 2.05) is 6.08 Å². The van der Waals surface area contributed by atoms with Gasteiger partial charge < -0.3 is 5.43 Å². The molecule has 1 aliphatic carbocycles. The Hall–Kier alpha value is -1.27. The molecule has 1 atom stereocenters. The molecule has 3 heteroatoms. The summed E-state index contributed by atoms with van der Waals surface area (Å²) < 4.78 is 0. The van der Waals surface area contributed by atoms with Crippen LogP contribution >= 0.6 is 0 Å². The molecule has 2 aliphatic rings. The van der Waals surface area contributed by atoms with Crippen LogP contribution in [0.3, 0.4) is 0 Å². The number of hydrogen-bond donors (Lipinski definition) is 2. The third-order valence-electron chi connectivity index (χ3n) is 2.04. The van der Waals surface area contributed by atoms with Gasteiger partial charge in [-0.2, -0.15) is 5.26 Å². The number of nitrogens with one attached hydrogen (secondary N) is 2. The van der Waals surface area contributed by atoms with E-state index in [0.29, 0.717) is 0 Å². The summed E-state index contributed by atoms with van der Waals surface area (Å²) in [5, 5.41) is 8.69. The highest BCUT2D eigenvalue weighted by atomic mass is 15.4. The Morgan fingerprint density at radius 2 is 2.55 bits per heavy atom. The largest absolute Gasteiger partial charge is 0.320 e. The van der Waals surface area contributed by atoms with Gasteiger partial charge in [0.15, 0.2) is 0 Å². The van der Waals surface area contributed by atoms with E-state index in [1.165, 1.54) is 5.57 Å². The van der Waals surface area contributed by atoms with E-state index in [-0.39, 0.29) is 6.04 Å². The van der Waals surface area contributed by atoms with E-state index in [0.717, 1.165) is 18.5 Å². The van der Waals surface area contributed by atoms with Gasteiger partial charge >= 0.3 is 0 Å². The molecule has 0 fully saturated rings. The summed E-state index contributed by atoms with van der Waals surface area (Å²) in [6, 6.07) is 2.08. The maximum Gasteiger partial charge on any atom is 0.136 e. The summed E-state index contributed by atoms with van der Waals surface area (Å²) in [4.78, 5) is 0. The Kier molecular flexibility index (Phi) is 1.41. The highest BCUT2D eigenvalue weighted by molar-refractivity contribution is 5.37. The molecule has 0 aromatic carbocycles. The van der Waals surface area contributed by atoms with Crippen LogP contribution in [-0.4, -0.2) is 6.04 Å². The molecule has 11 heavy (non-hydrogen) atoms. The van der Waals surface area contributed by atoms with Gasteiger partial charge in [-0.3, -0.25) is 0 Å². The van der Waals surface area contributed by atoms with Crippen molar-refractivity contribution >= 4 is 0 Å². The number of allylic oxidation sites excluding steroid dienone is 2. The molecule has 0 aromatic rings. The van der Waals surface area contributed by atoms with Gasteiger partial charge in [0, 0.05) is 0 Å². The second-order valence-electron chi connectivity index (χ2n) is 2.71. The highest BCUT2D eigenvalue weighted by Crippen LogP contribution is 2.22. The third kappa shape index (κ3) is 0.920. The molecule has 0 saturated carbocycles. The lowest BCUT2D eigenvalue weighted by Gasteiger charge is -2.06. The summed E-state index contributed by atoms with van der Waals surface area (Å²) in [6.07, 6.45) is 6.21. The van der Waals surface area contributed by atoms with Crippen molar-refractivity contribution in [3.63, 3.8) is 0 Å². The molecule has 2 rings (SSSR count). The lowest BCUT2D eigenvalue weighted by molar-refractivity contribution is 0.640. The van der Waals surface area contributed by atoms with E-state index in [9.17, 15) is 0 Å². The SMILES string of the molecule is N#CC1NNC2=C1CCC=C2. The van der Waals surface area contributed by atoms with Crippen molar-refractivity contribution in [2.24, 2.45) is 0 Å². The van der Waals surface area contributed by atoms with Gasteiger partial charge in [0.2, 0.25) is 0 Å². The Morgan fingerprint density at radius 1 is 1.64 bits per heavy atom. The summed E-state index contributed by atoms with van der Waals surface area (Å²) >= 11 is 0. The van der Waals surface area contributed by atoms with Crippen LogP contribution in [0.2, 0.25) is 0 Å². The molecule has 2 N–H and O–H groups in total. The molecule has 0 saturated heterocycles. The van der Waals surface area contributed by atoms with Crippen LogP contribution in [0, 0.1) is 11.3 Å². The fourth-order valence-corrected chi connectivity index (χ4v) is 1.45. The minimum atomic E-state index is -0.116. The summed E-state index contributed by atoms with van der Waals surface area (Å²) in [7, 11) is 0. The first-order chi connectivity index (χ1) is 5.42. The molecule has 0 radical (unpaired) electrons. The molecule has 1 heterocycles. The molecule has 56 valence electrons. The first-order valence-electron chi connectivity index (χ1n) is 3.72. The Labute approximate surface area is 65.4 Å². The molecular weight excluding hydrogens is 138 g/mol.